The molecule has 0 N–H and O–H groups in total. The number of nitrogens with zero attached hydrogens (tertiary/aromatic N) is 6. The van der Waals surface area contributed by atoms with Crippen LogP contribution in [-0.2, 0) is 10.0 Å². The Morgan fingerprint density at radius 3 is 2.56 bits per heavy atom. The molecule has 0 spiro atoms. The van der Waals surface area contributed by atoms with Gasteiger partial charge in [0.15, 0.2) is 5.82 Å². The average molecular weight is 425 g/mol. The van der Waals surface area contributed by atoms with Gasteiger partial charge in [-0.2, -0.15) is 4.31 Å². The zero-order valence-electron chi connectivity index (χ0n) is 14.3. The summed E-state index contributed by atoms with van der Waals surface area (Å²) in [4.78, 5) is 6.57. The highest BCUT2D eigenvalue weighted by molar-refractivity contribution is 7.91. The molecule has 1 aliphatic carbocycles. The maximum Gasteiger partial charge on any atom is 0.252 e. The van der Waals surface area contributed by atoms with E-state index in [-0.39, 0.29) is 4.21 Å². The largest absolute Gasteiger partial charge is 0.351 e. The topological polar surface area (TPSA) is 83.7 Å². The Bertz CT molecular complexity index is 1100. The van der Waals surface area contributed by atoms with Crippen LogP contribution in [0.1, 0.15) is 24.6 Å². The zero-order chi connectivity index (χ0) is 18.6. The summed E-state index contributed by atoms with van der Waals surface area (Å²) in [5.41, 5.74) is 0.737. The number of hydrogen-bond acceptors (Lipinski definition) is 7. The van der Waals surface area contributed by atoms with E-state index >= 15 is 0 Å². The van der Waals surface area contributed by atoms with Gasteiger partial charge in [0.05, 0.1) is 4.34 Å². The lowest BCUT2D eigenvalue weighted by atomic mass is 10.3. The number of fused-ring (bicyclic) bond motifs is 1. The van der Waals surface area contributed by atoms with Crippen LogP contribution in [0.25, 0.3) is 5.65 Å². The molecule has 11 heteroatoms. The second-order valence-electron chi connectivity index (χ2n) is 6.73. The van der Waals surface area contributed by atoms with Crippen LogP contribution < -0.4 is 4.90 Å². The van der Waals surface area contributed by atoms with Crippen molar-refractivity contribution in [1.29, 1.82) is 0 Å². The molecule has 0 atom stereocenters. The lowest BCUT2D eigenvalue weighted by Gasteiger charge is -2.34. The smallest absolute Gasteiger partial charge is 0.252 e. The van der Waals surface area contributed by atoms with Crippen molar-refractivity contribution in [2.75, 3.05) is 31.1 Å². The molecule has 3 aromatic rings. The summed E-state index contributed by atoms with van der Waals surface area (Å²) in [5, 5.41) is 8.68. The van der Waals surface area contributed by atoms with E-state index in [2.05, 4.69) is 20.1 Å². The van der Waals surface area contributed by atoms with Crippen LogP contribution in [0.4, 0.5) is 5.82 Å². The number of halogens is 1. The van der Waals surface area contributed by atoms with Crippen molar-refractivity contribution >= 4 is 44.4 Å². The number of rotatable bonds is 4. The van der Waals surface area contributed by atoms with Gasteiger partial charge in [-0.1, -0.05) is 11.6 Å². The second-order valence-corrected chi connectivity index (χ2v) is 10.6. The number of sulfonamides is 1. The summed E-state index contributed by atoms with van der Waals surface area (Å²) in [6.45, 7) is 1.89. The van der Waals surface area contributed by atoms with E-state index in [0.717, 1.165) is 41.5 Å². The number of thiophene rings is 1. The molecule has 0 unspecified atom stereocenters. The highest BCUT2D eigenvalue weighted by atomic mass is 35.5. The van der Waals surface area contributed by atoms with Crippen molar-refractivity contribution in [3.05, 3.63) is 34.7 Å². The fourth-order valence-corrected chi connectivity index (χ4v) is 6.44. The first-order chi connectivity index (χ1) is 13.0. The lowest BCUT2D eigenvalue weighted by molar-refractivity contribution is 0.385. The summed E-state index contributed by atoms with van der Waals surface area (Å²) < 4.78 is 29.8. The van der Waals surface area contributed by atoms with Gasteiger partial charge in [0, 0.05) is 44.5 Å². The van der Waals surface area contributed by atoms with Crippen LogP contribution in [0.15, 0.2) is 28.7 Å². The fraction of sp³-hybridized carbons (Fsp3) is 0.438. The summed E-state index contributed by atoms with van der Waals surface area (Å²) in [7, 11) is -3.50. The van der Waals surface area contributed by atoms with Gasteiger partial charge < -0.3 is 4.90 Å². The molecule has 2 fully saturated rings. The van der Waals surface area contributed by atoms with Gasteiger partial charge in [-0.15, -0.1) is 21.5 Å². The Balaban J connectivity index is 1.37. The third-order valence-electron chi connectivity index (χ3n) is 4.96. The van der Waals surface area contributed by atoms with E-state index < -0.39 is 10.0 Å². The quantitative estimate of drug-likeness (QED) is 0.638. The normalized spacial score (nSPS) is 19.1. The molecule has 142 valence electrons. The van der Waals surface area contributed by atoms with Gasteiger partial charge in [0.2, 0.25) is 5.65 Å². The first kappa shape index (κ1) is 17.4. The van der Waals surface area contributed by atoms with E-state index in [1.807, 2.05) is 10.6 Å². The number of anilines is 1. The molecule has 5 rings (SSSR count). The minimum atomic E-state index is -3.50. The monoisotopic (exact) mass is 424 g/mol. The molecule has 27 heavy (non-hydrogen) atoms. The third kappa shape index (κ3) is 3.00. The van der Waals surface area contributed by atoms with E-state index in [0.29, 0.717) is 36.4 Å². The number of aromatic nitrogens is 4. The molecule has 8 nitrogen and oxygen atoms in total. The molecule has 1 saturated heterocycles. The van der Waals surface area contributed by atoms with Gasteiger partial charge >= 0.3 is 0 Å². The Labute approximate surface area is 165 Å². The predicted molar refractivity (Wildman–Crippen MR) is 103 cm³/mol. The van der Waals surface area contributed by atoms with Gasteiger partial charge in [-0.3, -0.25) is 4.40 Å². The Hall–Kier alpha value is -1.75. The van der Waals surface area contributed by atoms with Crippen LogP contribution in [0.2, 0.25) is 4.34 Å². The second kappa shape index (κ2) is 6.40. The van der Waals surface area contributed by atoms with Crippen LogP contribution in [0, 0.1) is 0 Å². The first-order valence-electron chi connectivity index (χ1n) is 8.74. The minimum absolute atomic E-state index is 0.285. The van der Waals surface area contributed by atoms with E-state index in [9.17, 15) is 8.42 Å². The van der Waals surface area contributed by atoms with Crippen LogP contribution >= 0.6 is 22.9 Å². The molecule has 4 heterocycles. The zero-order valence-corrected chi connectivity index (χ0v) is 16.7. The number of hydrogen-bond donors (Lipinski definition) is 0. The van der Waals surface area contributed by atoms with E-state index in [4.69, 9.17) is 11.6 Å². The molecular weight excluding hydrogens is 408 g/mol. The molecule has 0 radical (unpaired) electrons. The van der Waals surface area contributed by atoms with Gasteiger partial charge in [0.25, 0.3) is 10.0 Å². The standard InChI is InChI=1S/C16H17ClN6O2S2/c17-12-3-4-13(26-12)27(24,25)22-9-7-21(8-10-22)15-16-20-19-14(11-1-2-11)23(16)6-5-18-15/h3-6,11H,1-2,7-10H2. The highest BCUT2D eigenvalue weighted by Gasteiger charge is 2.32. The molecule has 1 aliphatic heterocycles. The molecule has 0 bridgehead atoms. The molecule has 1 saturated carbocycles. The Morgan fingerprint density at radius 1 is 1.11 bits per heavy atom. The summed E-state index contributed by atoms with van der Waals surface area (Å²) in [6.07, 6.45) is 5.96. The highest BCUT2D eigenvalue weighted by Crippen LogP contribution is 2.39. The average Bonchev–Trinajstić information content (AvgIpc) is 3.26. The third-order valence-corrected chi connectivity index (χ3v) is 8.56. The summed E-state index contributed by atoms with van der Waals surface area (Å²) in [5.74, 6) is 2.24. The molecular formula is C16H17ClN6O2S2. The predicted octanol–water partition coefficient (Wildman–Crippen LogP) is 2.23. The van der Waals surface area contributed by atoms with E-state index in [1.165, 1.54) is 4.31 Å². The maximum atomic E-state index is 12.8. The van der Waals surface area contributed by atoms with Crippen molar-refractivity contribution in [2.24, 2.45) is 0 Å². The number of piperazine rings is 1. The summed E-state index contributed by atoms with van der Waals surface area (Å²) >= 11 is 6.98. The van der Waals surface area contributed by atoms with Gasteiger partial charge in [-0.05, 0) is 25.0 Å². The van der Waals surface area contributed by atoms with E-state index in [1.54, 1.807) is 18.3 Å². The van der Waals surface area contributed by atoms with Crippen molar-refractivity contribution in [2.45, 2.75) is 23.0 Å². The minimum Gasteiger partial charge on any atom is -0.351 e. The van der Waals surface area contributed by atoms with Crippen LogP contribution in [0.3, 0.4) is 0 Å². The van der Waals surface area contributed by atoms with Crippen molar-refractivity contribution in [1.82, 2.24) is 23.9 Å². The van der Waals surface area contributed by atoms with Crippen molar-refractivity contribution in [3.8, 4) is 0 Å². The van der Waals surface area contributed by atoms with Gasteiger partial charge in [-0.25, -0.2) is 13.4 Å². The summed E-state index contributed by atoms with van der Waals surface area (Å²) in [6, 6.07) is 3.18. The molecule has 3 aromatic heterocycles. The van der Waals surface area contributed by atoms with Crippen LogP contribution in [0.5, 0.6) is 0 Å². The van der Waals surface area contributed by atoms with Crippen LogP contribution in [-0.4, -0.2) is 58.5 Å². The van der Waals surface area contributed by atoms with Crippen molar-refractivity contribution < 1.29 is 8.42 Å². The first-order valence-corrected chi connectivity index (χ1v) is 11.4. The Morgan fingerprint density at radius 2 is 1.89 bits per heavy atom. The lowest BCUT2D eigenvalue weighted by Crippen LogP contribution is -2.48. The van der Waals surface area contributed by atoms with Crippen molar-refractivity contribution in [3.63, 3.8) is 0 Å². The van der Waals surface area contributed by atoms with Gasteiger partial charge in [0.1, 0.15) is 10.0 Å². The maximum absolute atomic E-state index is 12.8. The Kier molecular flexibility index (Phi) is 4.12. The fourth-order valence-electron chi connectivity index (χ4n) is 3.38. The molecule has 0 aromatic carbocycles. The molecule has 0 amide bonds. The SMILES string of the molecule is O=S(=O)(c1ccc(Cl)s1)N1CCN(c2nccn3c(C4CC4)nnc23)CC1. The molecule has 2 aliphatic rings.